The van der Waals surface area contributed by atoms with Crippen molar-refractivity contribution in [3.05, 3.63) is 77.5 Å². The highest BCUT2D eigenvalue weighted by atomic mass is 19.1. The second kappa shape index (κ2) is 10.4. The number of fused-ring (bicyclic) bond motifs is 1. The van der Waals surface area contributed by atoms with E-state index in [0.29, 0.717) is 55.1 Å². The number of halogens is 2. The lowest BCUT2D eigenvalue weighted by atomic mass is 10.1. The molecule has 5 rings (SSSR count). The van der Waals surface area contributed by atoms with Crippen LogP contribution in [0.25, 0.3) is 11.0 Å². The summed E-state index contributed by atoms with van der Waals surface area (Å²) in [6, 6.07) is 3.98. The monoisotopic (exact) mass is 521 g/mol. The van der Waals surface area contributed by atoms with Gasteiger partial charge < -0.3 is 15.0 Å². The molecule has 0 radical (unpaired) electrons. The number of anilines is 2. The van der Waals surface area contributed by atoms with Crippen molar-refractivity contribution in [2.45, 2.75) is 25.3 Å². The van der Waals surface area contributed by atoms with Gasteiger partial charge in [0, 0.05) is 50.0 Å². The summed E-state index contributed by atoms with van der Waals surface area (Å²) in [7, 11) is 1.78. The molecule has 0 saturated carbocycles. The first-order chi connectivity index (χ1) is 18.3. The van der Waals surface area contributed by atoms with Crippen molar-refractivity contribution in [3.8, 4) is 11.5 Å². The van der Waals surface area contributed by atoms with Gasteiger partial charge in [-0.25, -0.2) is 13.8 Å². The van der Waals surface area contributed by atoms with Crippen molar-refractivity contribution in [2.75, 3.05) is 18.4 Å². The second-order valence-corrected chi connectivity index (χ2v) is 8.97. The molecule has 4 heterocycles. The van der Waals surface area contributed by atoms with Crippen molar-refractivity contribution in [3.63, 3.8) is 0 Å². The maximum absolute atomic E-state index is 14.3. The van der Waals surface area contributed by atoms with Crippen molar-refractivity contribution in [2.24, 2.45) is 7.05 Å². The smallest absolute Gasteiger partial charge is 0.295 e. The number of ether oxygens (including phenoxy) is 1. The maximum Gasteiger partial charge on any atom is 0.295 e. The van der Waals surface area contributed by atoms with Gasteiger partial charge in [0.15, 0.2) is 17.3 Å². The van der Waals surface area contributed by atoms with Crippen molar-refractivity contribution in [1.29, 1.82) is 0 Å². The summed E-state index contributed by atoms with van der Waals surface area (Å²) in [4.78, 5) is 36.6. The number of rotatable bonds is 6. The van der Waals surface area contributed by atoms with E-state index in [2.05, 4.69) is 27.0 Å². The number of hydrogen-bond donors (Lipinski definition) is 1. The van der Waals surface area contributed by atoms with Crippen LogP contribution < -0.4 is 15.6 Å². The molecule has 1 aliphatic heterocycles. The Labute approximate surface area is 216 Å². The zero-order valence-electron chi connectivity index (χ0n) is 20.6. The molecule has 1 amide bonds. The van der Waals surface area contributed by atoms with Crippen LogP contribution in [0, 0.1) is 11.6 Å². The molecule has 1 unspecified atom stereocenters. The van der Waals surface area contributed by atoms with Crippen LogP contribution in [0.15, 0.2) is 60.3 Å². The predicted octanol–water partition coefficient (Wildman–Crippen LogP) is 4.08. The summed E-state index contributed by atoms with van der Waals surface area (Å²) in [6.07, 6.45) is 7.92. The number of nitrogens with one attached hydrogen (secondary N) is 1. The minimum atomic E-state index is -0.934. The SMILES string of the molecule is C=CC(=O)N1CCCC(n2c(=O)c(Oc3ccc(F)cc3F)cc3cnc(Nc4cnn(C)c4)nc32)CC1. The predicted molar refractivity (Wildman–Crippen MR) is 136 cm³/mol. The average molecular weight is 522 g/mol. The number of likely N-dealkylation sites (tertiary alicyclic amines) is 1. The van der Waals surface area contributed by atoms with E-state index < -0.39 is 17.2 Å². The molecule has 0 aliphatic carbocycles. The van der Waals surface area contributed by atoms with Crippen LogP contribution in [-0.4, -0.2) is 48.2 Å². The van der Waals surface area contributed by atoms with Crippen LogP contribution in [0.3, 0.4) is 0 Å². The molecule has 1 saturated heterocycles. The number of hydrogen-bond acceptors (Lipinski definition) is 7. The van der Waals surface area contributed by atoms with Crippen LogP contribution in [-0.2, 0) is 11.8 Å². The topological polar surface area (TPSA) is 107 Å². The van der Waals surface area contributed by atoms with E-state index in [0.717, 1.165) is 12.1 Å². The first-order valence-corrected chi connectivity index (χ1v) is 12.0. The standard InChI is InChI=1S/C26H25F2N7O3/c1-3-23(36)34-9-4-5-19(8-10-34)35-24-16(13-29-26(32-24)31-18-14-30-33(2)15-18)11-22(25(35)37)38-21-7-6-17(27)12-20(21)28/h3,6-7,11-15,19H,1,4-5,8-10H2,2H3,(H,29,31,32). The van der Waals surface area contributed by atoms with Gasteiger partial charge in [0.05, 0.1) is 11.9 Å². The highest BCUT2D eigenvalue weighted by Gasteiger charge is 2.25. The zero-order valence-corrected chi connectivity index (χ0v) is 20.6. The Morgan fingerprint density at radius 1 is 1.18 bits per heavy atom. The third-order valence-electron chi connectivity index (χ3n) is 6.36. The fourth-order valence-corrected chi connectivity index (χ4v) is 4.54. The van der Waals surface area contributed by atoms with E-state index >= 15 is 0 Å². The third kappa shape index (κ3) is 5.10. The molecule has 0 spiro atoms. The van der Waals surface area contributed by atoms with Crippen molar-refractivity contribution >= 4 is 28.6 Å². The van der Waals surface area contributed by atoms with Gasteiger partial charge in [0.25, 0.3) is 5.56 Å². The van der Waals surface area contributed by atoms with Crippen LogP contribution in [0.5, 0.6) is 11.5 Å². The number of carbonyl (C=O) groups is 1. The minimum Gasteiger partial charge on any atom is -0.448 e. The van der Waals surface area contributed by atoms with Gasteiger partial charge >= 0.3 is 0 Å². The Bertz CT molecular complexity index is 1580. The molecule has 1 aliphatic rings. The molecular weight excluding hydrogens is 496 g/mol. The highest BCUT2D eigenvalue weighted by Crippen LogP contribution is 2.30. The molecular formula is C26H25F2N7O3. The molecule has 4 aromatic rings. The molecule has 1 fully saturated rings. The van der Waals surface area contributed by atoms with Gasteiger partial charge in [-0.1, -0.05) is 6.58 Å². The molecule has 1 atom stereocenters. The number of aromatic nitrogens is 5. The van der Waals surface area contributed by atoms with Gasteiger partial charge in [0.1, 0.15) is 11.5 Å². The Kier molecular flexibility index (Phi) is 6.86. The summed E-state index contributed by atoms with van der Waals surface area (Å²) in [5.41, 5.74) is 0.498. The van der Waals surface area contributed by atoms with Crippen molar-refractivity contribution in [1.82, 2.24) is 29.2 Å². The summed E-state index contributed by atoms with van der Waals surface area (Å²) in [5, 5.41) is 7.68. The minimum absolute atomic E-state index is 0.150. The number of aryl methyl sites for hydroxylation is 1. The van der Waals surface area contributed by atoms with E-state index in [-0.39, 0.29) is 29.4 Å². The van der Waals surface area contributed by atoms with Crippen LogP contribution >= 0.6 is 0 Å². The van der Waals surface area contributed by atoms with Gasteiger partial charge in [0.2, 0.25) is 11.9 Å². The number of benzene rings is 1. The van der Waals surface area contributed by atoms with E-state index in [1.807, 2.05) is 0 Å². The lowest BCUT2D eigenvalue weighted by molar-refractivity contribution is -0.125. The summed E-state index contributed by atoms with van der Waals surface area (Å²) < 4.78 is 36.5. The molecule has 10 nitrogen and oxygen atoms in total. The largest absolute Gasteiger partial charge is 0.448 e. The van der Waals surface area contributed by atoms with Gasteiger partial charge in [-0.15, -0.1) is 0 Å². The van der Waals surface area contributed by atoms with Gasteiger partial charge in [-0.2, -0.15) is 10.1 Å². The van der Waals surface area contributed by atoms with E-state index in [1.54, 1.807) is 29.0 Å². The van der Waals surface area contributed by atoms with E-state index in [9.17, 15) is 18.4 Å². The Hall–Kier alpha value is -4.61. The maximum atomic E-state index is 14.3. The molecule has 1 N–H and O–H groups in total. The number of nitrogens with zero attached hydrogens (tertiary/aromatic N) is 6. The summed E-state index contributed by atoms with van der Waals surface area (Å²) in [6.45, 7) is 4.52. The van der Waals surface area contributed by atoms with Crippen molar-refractivity contribution < 1.29 is 18.3 Å². The van der Waals surface area contributed by atoms with Gasteiger partial charge in [-0.05, 0) is 43.5 Å². The second-order valence-electron chi connectivity index (χ2n) is 8.97. The fourth-order valence-electron chi connectivity index (χ4n) is 4.54. The van der Waals surface area contributed by atoms with Crippen LogP contribution in [0.4, 0.5) is 20.4 Å². The Morgan fingerprint density at radius 2 is 2.03 bits per heavy atom. The Morgan fingerprint density at radius 3 is 2.76 bits per heavy atom. The lowest BCUT2D eigenvalue weighted by Gasteiger charge is -2.22. The lowest BCUT2D eigenvalue weighted by Crippen LogP contribution is -2.31. The normalized spacial score (nSPS) is 15.8. The third-order valence-corrected chi connectivity index (χ3v) is 6.36. The highest BCUT2D eigenvalue weighted by molar-refractivity contribution is 5.87. The molecule has 196 valence electrons. The van der Waals surface area contributed by atoms with E-state index in [4.69, 9.17) is 4.74 Å². The first kappa shape index (κ1) is 25.1. The average Bonchev–Trinajstić information content (AvgIpc) is 3.15. The molecule has 3 aromatic heterocycles. The zero-order chi connectivity index (χ0) is 26.8. The fraction of sp³-hybridized carbons (Fsp3) is 0.269. The van der Waals surface area contributed by atoms with Crippen LogP contribution in [0.2, 0.25) is 0 Å². The summed E-state index contributed by atoms with van der Waals surface area (Å²) in [5.74, 6) is -2.04. The molecule has 0 bridgehead atoms. The first-order valence-electron chi connectivity index (χ1n) is 12.0. The molecule has 12 heteroatoms. The number of amides is 1. The Balaban J connectivity index is 1.59. The van der Waals surface area contributed by atoms with Crippen LogP contribution in [0.1, 0.15) is 25.3 Å². The number of pyridine rings is 1. The quantitative estimate of drug-likeness (QED) is 0.381. The molecule has 1 aromatic carbocycles. The van der Waals surface area contributed by atoms with Gasteiger partial charge in [-0.3, -0.25) is 18.8 Å². The van der Waals surface area contributed by atoms with E-state index in [1.165, 1.54) is 22.9 Å². The summed E-state index contributed by atoms with van der Waals surface area (Å²) >= 11 is 0. The number of carbonyl (C=O) groups excluding carboxylic acids is 1. The molecule has 38 heavy (non-hydrogen) atoms.